The van der Waals surface area contributed by atoms with Crippen LogP contribution >= 0.6 is 11.6 Å². The summed E-state index contributed by atoms with van der Waals surface area (Å²) < 4.78 is 7.09. The topological polar surface area (TPSA) is 31.2 Å². The van der Waals surface area contributed by atoms with Crippen LogP contribution in [0.5, 0.6) is 5.75 Å². The van der Waals surface area contributed by atoms with Gasteiger partial charge in [0.15, 0.2) is 0 Å². The van der Waals surface area contributed by atoms with Crippen LogP contribution in [0.2, 0.25) is 0 Å². The van der Waals surface area contributed by atoms with Crippen LogP contribution in [0, 0.1) is 6.92 Å². The Morgan fingerprint density at radius 2 is 2.00 bits per heavy atom. The lowest BCUT2D eigenvalue weighted by atomic mass is 10.1. The lowest BCUT2D eigenvalue weighted by Gasteiger charge is -2.15. The Morgan fingerprint density at radius 3 is 2.57 bits per heavy atom. The van der Waals surface area contributed by atoms with Gasteiger partial charge in [-0.3, -0.25) is 4.79 Å². The van der Waals surface area contributed by atoms with Crippen molar-refractivity contribution in [2.75, 3.05) is 7.11 Å². The minimum atomic E-state index is -0.00202. The molecular weight excluding hydrogens is 286 g/mol. The van der Waals surface area contributed by atoms with Crippen molar-refractivity contribution in [3.8, 4) is 17.0 Å². The Balaban J connectivity index is 2.60. The third-order valence-electron chi connectivity index (χ3n) is 3.53. The van der Waals surface area contributed by atoms with Crippen LogP contribution in [-0.4, -0.2) is 11.7 Å². The van der Waals surface area contributed by atoms with Crippen molar-refractivity contribution in [1.82, 2.24) is 4.57 Å². The van der Waals surface area contributed by atoms with Crippen molar-refractivity contribution in [2.24, 2.45) is 0 Å². The number of hydrogen-bond acceptors (Lipinski definition) is 2. The summed E-state index contributed by atoms with van der Waals surface area (Å²) in [6.07, 6.45) is 0.897. The molecule has 0 amide bonds. The number of aromatic nitrogens is 1. The van der Waals surface area contributed by atoms with Gasteiger partial charge in [-0.1, -0.05) is 13.0 Å². The number of hydrogen-bond donors (Lipinski definition) is 0. The van der Waals surface area contributed by atoms with E-state index >= 15 is 0 Å². The van der Waals surface area contributed by atoms with Crippen LogP contribution in [0.25, 0.3) is 11.3 Å². The molecule has 0 bridgehead atoms. The van der Waals surface area contributed by atoms with Gasteiger partial charge in [0.2, 0.25) is 0 Å². The first-order chi connectivity index (χ1) is 10.1. The quantitative estimate of drug-likeness (QED) is 0.782. The van der Waals surface area contributed by atoms with Crippen molar-refractivity contribution in [1.29, 1.82) is 0 Å². The first-order valence-electron chi connectivity index (χ1n) is 7.06. The zero-order chi connectivity index (χ0) is 15.4. The predicted octanol–water partition coefficient (Wildman–Crippen LogP) is 3.98. The van der Waals surface area contributed by atoms with E-state index < -0.39 is 0 Å². The minimum Gasteiger partial charge on any atom is -0.496 e. The lowest BCUT2D eigenvalue weighted by molar-refractivity contribution is 0.412. The van der Waals surface area contributed by atoms with Gasteiger partial charge in [0.05, 0.1) is 18.7 Å². The Labute approximate surface area is 130 Å². The average Bonchev–Trinajstić information content (AvgIpc) is 2.49. The van der Waals surface area contributed by atoms with E-state index in [9.17, 15) is 4.79 Å². The molecule has 0 fully saturated rings. The molecule has 0 unspecified atom stereocenters. The van der Waals surface area contributed by atoms with E-state index in [1.165, 1.54) is 0 Å². The van der Waals surface area contributed by atoms with Gasteiger partial charge in [0.1, 0.15) is 5.75 Å². The highest BCUT2D eigenvalue weighted by Crippen LogP contribution is 2.26. The van der Waals surface area contributed by atoms with Gasteiger partial charge in [0, 0.05) is 12.1 Å². The summed E-state index contributed by atoms with van der Waals surface area (Å²) in [6, 6.07) is 9.74. The summed E-state index contributed by atoms with van der Waals surface area (Å²) in [5.74, 6) is 1.09. The molecule has 1 aromatic carbocycles. The predicted molar refractivity (Wildman–Crippen MR) is 87.3 cm³/mol. The zero-order valence-electron chi connectivity index (χ0n) is 12.6. The fraction of sp³-hybridized carbons (Fsp3) is 0.353. The molecule has 4 heteroatoms. The highest BCUT2D eigenvalue weighted by molar-refractivity contribution is 6.17. The summed E-state index contributed by atoms with van der Waals surface area (Å²) in [7, 11) is 1.66. The second-order valence-electron chi connectivity index (χ2n) is 5.02. The largest absolute Gasteiger partial charge is 0.496 e. The van der Waals surface area contributed by atoms with Crippen LogP contribution in [0.3, 0.4) is 0 Å². The zero-order valence-corrected chi connectivity index (χ0v) is 13.4. The Hall–Kier alpha value is -1.74. The molecule has 0 aliphatic rings. The number of rotatable bonds is 5. The number of nitrogens with zero attached hydrogens (tertiary/aromatic N) is 1. The molecule has 0 spiro atoms. The normalized spacial score (nSPS) is 10.7. The fourth-order valence-corrected chi connectivity index (χ4v) is 2.66. The third-order valence-corrected chi connectivity index (χ3v) is 3.82. The van der Waals surface area contributed by atoms with Crippen molar-refractivity contribution in [3.05, 3.63) is 51.8 Å². The van der Waals surface area contributed by atoms with Gasteiger partial charge >= 0.3 is 0 Å². The van der Waals surface area contributed by atoms with Gasteiger partial charge in [-0.15, -0.1) is 11.6 Å². The maximum atomic E-state index is 12.4. The van der Waals surface area contributed by atoms with Gasteiger partial charge in [0.25, 0.3) is 5.56 Å². The minimum absolute atomic E-state index is 0.00202. The van der Waals surface area contributed by atoms with E-state index in [1.807, 2.05) is 37.3 Å². The Morgan fingerprint density at radius 1 is 1.24 bits per heavy atom. The highest BCUT2D eigenvalue weighted by atomic mass is 35.5. The second-order valence-corrected chi connectivity index (χ2v) is 5.29. The smallest absolute Gasteiger partial charge is 0.255 e. The van der Waals surface area contributed by atoms with Gasteiger partial charge in [-0.05, 0) is 48.7 Å². The first-order valence-corrected chi connectivity index (χ1v) is 7.59. The van der Waals surface area contributed by atoms with Gasteiger partial charge < -0.3 is 9.30 Å². The summed E-state index contributed by atoms with van der Waals surface area (Å²) in [5.41, 5.74) is 3.62. The standard InChI is InChI=1S/C17H20ClNO2/c1-4-9-19-15(7-5-14(11-18)17(19)20)13-6-8-16(21-3)12(2)10-13/h5-8,10H,4,9,11H2,1-3H3. The molecule has 0 saturated carbocycles. The van der Waals surface area contributed by atoms with Crippen LogP contribution in [0.15, 0.2) is 35.1 Å². The van der Waals surface area contributed by atoms with Crippen molar-refractivity contribution >= 4 is 11.6 Å². The summed E-state index contributed by atoms with van der Waals surface area (Å²) in [4.78, 5) is 12.4. The number of alkyl halides is 1. The van der Waals surface area contributed by atoms with Crippen molar-refractivity contribution in [2.45, 2.75) is 32.7 Å². The molecular formula is C17H20ClNO2. The molecule has 0 aliphatic heterocycles. The Kier molecular flexibility index (Phi) is 5.07. The second kappa shape index (κ2) is 6.81. The van der Waals surface area contributed by atoms with E-state index in [0.29, 0.717) is 12.1 Å². The maximum absolute atomic E-state index is 12.4. The number of aryl methyl sites for hydroxylation is 1. The maximum Gasteiger partial charge on any atom is 0.255 e. The molecule has 1 aromatic heterocycles. The SMILES string of the molecule is CCCn1c(-c2ccc(OC)c(C)c2)ccc(CCl)c1=O. The number of benzene rings is 1. The van der Waals surface area contributed by atoms with Crippen LogP contribution in [-0.2, 0) is 12.4 Å². The Bertz CT molecular complexity index is 692. The van der Waals surface area contributed by atoms with E-state index in [4.69, 9.17) is 16.3 Å². The molecule has 0 N–H and O–H groups in total. The summed E-state index contributed by atoms with van der Waals surface area (Å²) >= 11 is 5.84. The molecule has 112 valence electrons. The lowest BCUT2D eigenvalue weighted by Crippen LogP contribution is -2.24. The molecule has 3 nitrogen and oxygen atoms in total. The van der Waals surface area contributed by atoms with Gasteiger partial charge in [-0.25, -0.2) is 0 Å². The van der Waals surface area contributed by atoms with Crippen molar-refractivity contribution < 1.29 is 4.74 Å². The molecule has 2 rings (SSSR count). The fourth-order valence-electron chi connectivity index (χ4n) is 2.46. The van der Waals surface area contributed by atoms with Crippen molar-refractivity contribution in [3.63, 3.8) is 0 Å². The number of pyridine rings is 1. The number of methoxy groups -OCH3 is 1. The van der Waals surface area contributed by atoms with E-state index in [0.717, 1.165) is 29.0 Å². The molecule has 0 atom stereocenters. The third kappa shape index (κ3) is 3.13. The van der Waals surface area contributed by atoms with Gasteiger partial charge in [-0.2, -0.15) is 0 Å². The average molecular weight is 306 g/mol. The number of ether oxygens (including phenoxy) is 1. The van der Waals surface area contributed by atoms with E-state index in [-0.39, 0.29) is 11.4 Å². The highest BCUT2D eigenvalue weighted by Gasteiger charge is 2.10. The van der Waals surface area contributed by atoms with Crippen LogP contribution in [0.4, 0.5) is 0 Å². The van der Waals surface area contributed by atoms with E-state index in [1.54, 1.807) is 11.7 Å². The monoisotopic (exact) mass is 305 g/mol. The summed E-state index contributed by atoms with van der Waals surface area (Å²) in [5, 5.41) is 0. The molecule has 0 aliphatic carbocycles. The van der Waals surface area contributed by atoms with Crippen LogP contribution in [0.1, 0.15) is 24.5 Å². The van der Waals surface area contributed by atoms with E-state index in [2.05, 4.69) is 6.92 Å². The summed E-state index contributed by atoms with van der Waals surface area (Å²) in [6.45, 7) is 4.74. The van der Waals surface area contributed by atoms with Crippen LogP contribution < -0.4 is 10.3 Å². The molecule has 0 saturated heterocycles. The molecule has 0 radical (unpaired) electrons. The molecule has 1 heterocycles. The first kappa shape index (κ1) is 15.6. The number of halogens is 1. The molecule has 21 heavy (non-hydrogen) atoms. The molecule has 2 aromatic rings.